The average Bonchev–Trinajstić information content (AvgIpc) is 2.28. The molecule has 0 amide bonds. The molecule has 0 spiro atoms. The first-order chi connectivity index (χ1) is 8.73. The lowest BCUT2D eigenvalue weighted by Crippen LogP contribution is -2.29. The molecule has 108 valence electrons. The summed E-state index contributed by atoms with van der Waals surface area (Å²) in [5.74, 6) is -3.39. The maximum absolute atomic E-state index is 12.3. The Morgan fingerprint density at radius 1 is 1.21 bits per heavy atom. The van der Waals surface area contributed by atoms with Crippen molar-refractivity contribution < 1.29 is 17.2 Å². The number of hydrogen-bond donors (Lipinski definition) is 1. The number of sulfone groups is 1. The minimum absolute atomic E-state index is 0.160. The largest absolute Gasteiger partial charge is 0.381 e. The molecule has 1 atom stereocenters. The van der Waals surface area contributed by atoms with E-state index >= 15 is 0 Å². The van der Waals surface area contributed by atoms with Gasteiger partial charge in [-0.3, -0.25) is 0 Å². The molecule has 1 unspecified atom stereocenters. The fraction of sp³-hybridized carbons (Fsp3) is 0.500. The first-order valence-electron chi connectivity index (χ1n) is 5.77. The maximum atomic E-state index is 12.3. The molecule has 0 radical (unpaired) electrons. The molecule has 0 aromatic heterocycles. The molecule has 7 heteroatoms. The summed E-state index contributed by atoms with van der Waals surface area (Å²) in [6, 6.07) is 5.51. The topological polar surface area (TPSA) is 49.4 Å². The Morgan fingerprint density at radius 2 is 1.74 bits per heavy atom. The van der Waals surface area contributed by atoms with Crippen LogP contribution in [0.15, 0.2) is 29.2 Å². The van der Waals surface area contributed by atoms with E-state index in [-0.39, 0.29) is 10.9 Å². The second kappa shape index (κ2) is 6.29. The Labute approximate surface area is 112 Å². The molecule has 19 heavy (non-hydrogen) atoms. The Bertz CT molecular complexity index is 501. The van der Waals surface area contributed by atoms with E-state index in [0.29, 0.717) is 5.69 Å². The number of nitrogens with zero attached hydrogens (tertiary/aromatic N) is 1. The van der Waals surface area contributed by atoms with Crippen molar-refractivity contribution in [1.29, 1.82) is 0 Å². The SMILES string of the molecule is CC(CN(C)C)Nc1ccc(S(=O)(=O)C(F)F)cc1. The van der Waals surface area contributed by atoms with Gasteiger partial charge in [0.2, 0.25) is 9.84 Å². The van der Waals surface area contributed by atoms with Crippen molar-refractivity contribution in [2.24, 2.45) is 0 Å². The quantitative estimate of drug-likeness (QED) is 0.872. The van der Waals surface area contributed by atoms with Gasteiger partial charge in [0, 0.05) is 18.3 Å². The molecule has 1 aromatic rings. The first kappa shape index (κ1) is 15.8. The lowest BCUT2D eigenvalue weighted by Gasteiger charge is -2.19. The van der Waals surface area contributed by atoms with Crippen molar-refractivity contribution in [1.82, 2.24) is 4.90 Å². The molecule has 1 aromatic carbocycles. The van der Waals surface area contributed by atoms with Gasteiger partial charge in [0.25, 0.3) is 0 Å². The van der Waals surface area contributed by atoms with Crippen molar-refractivity contribution >= 4 is 15.5 Å². The summed E-state index contributed by atoms with van der Waals surface area (Å²) in [7, 11) is -0.629. The summed E-state index contributed by atoms with van der Waals surface area (Å²) in [5.41, 5.74) is 0.697. The molecule has 0 heterocycles. The average molecular weight is 292 g/mol. The van der Waals surface area contributed by atoms with Crippen LogP contribution in [0, 0.1) is 0 Å². The molecule has 4 nitrogen and oxygen atoms in total. The molecule has 1 N–H and O–H groups in total. The van der Waals surface area contributed by atoms with Crippen LogP contribution in [0.5, 0.6) is 0 Å². The second-order valence-electron chi connectivity index (χ2n) is 4.64. The molecule has 0 saturated carbocycles. The van der Waals surface area contributed by atoms with Gasteiger partial charge >= 0.3 is 5.76 Å². The van der Waals surface area contributed by atoms with Crippen LogP contribution in [-0.4, -0.2) is 45.8 Å². The number of alkyl halides is 2. The molecule has 0 fully saturated rings. The van der Waals surface area contributed by atoms with Crippen LogP contribution in [0.4, 0.5) is 14.5 Å². The van der Waals surface area contributed by atoms with Gasteiger partial charge in [-0.2, -0.15) is 8.78 Å². The van der Waals surface area contributed by atoms with Crippen LogP contribution < -0.4 is 5.32 Å². The highest BCUT2D eigenvalue weighted by Crippen LogP contribution is 2.20. The van der Waals surface area contributed by atoms with Crippen LogP contribution in [0.1, 0.15) is 6.92 Å². The van der Waals surface area contributed by atoms with E-state index < -0.39 is 15.6 Å². The summed E-state index contributed by atoms with van der Waals surface area (Å²) >= 11 is 0. The third-order valence-electron chi connectivity index (χ3n) is 2.47. The van der Waals surface area contributed by atoms with E-state index in [0.717, 1.165) is 6.54 Å². The van der Waals surface area contributed by atoms with E-state index in [4.69, 9.17) is 0 Å². The monoisotopic (exact) mass is 292 g/mol. The molecular formula is C12H18F2N2O2S. The molecular weight excluding hydrogens is 274 g/mol. The fourth-order valence-electron chi connectivity index (χ4n) is 1.72. The van der Waals surface area contributed by atoms with E-state index in [1.54, 1.807) is 0 Å². The zero-order valence-corrected chi connectivity index (χ0v) is 11.9. The molecule has 1 rings (SSSR count). The van der Waals surface area contributed by atoms with E-state index in [9.17, 15) is 17.2 Å². The fourth-order valence-corrected chi connectivity index (χ4v) is 2.44. The normalized spacial score (nSPS) is 13.8. The zero-order valence-electron chi connectivity index (χ0n) is 11.1. The number of halogens is 2. The maximum Gasteiger partial charge on any atom is 0.341 e. The first-order valence-corrected chi connectivity index (χ1v) is 7.31. The predicted molar refractivity (Wildman–Crippen MR) is 71.3 cm³/mol. The van der Waals surface area contributed by atoms with E-state index in [1.165, 1.54) is 24.3 Å². The van der Waals surface area contributed by atoms with Gasteiger partial charge in [-0.05, 0) is 45.3 Å². The van der Waals surface area contributed by atoms with Gasteiger partial charge in [0.1, 0.15) is 0 Å². The number of benzene rings is 1. The summed E-state index contributed by atoms with van der Waals surface area (Å²) < 4.78 is 47.2. The second-order valence-corrected chi connectivity index (χ2v) is 6.56. The van der Waals surface area contributed by atoms with Gasteiger partial charge in [-0.25, -0.2) is 8.42 Å². The van der Waals surface area contributed by atoms with Crippen molar-refractivity contribution in [2.45, 2.75) is 23.6 Å². The van der Waals surface area contributed by atoms with Crippen LogP contribution >= 0.6 is 0 Å². The number of nitrogens with one attached hydrogen (secondary N) is 1. The summed E-state index contributed by atoms with van der Waals surface area (Å²) in [6.45, 7) is 2.78. The van der Waals surface area contributed by atoms with Gasteiger partial charge in [0.15, 0.2) is 0 Å². The lowest BCUT2D eigenvalue weighted by molar-refractivity contribution is 0.234. The van der Waals surface area contributed by atoms with Crippen molar-refractivity contribution in [3.63, 3.8) is 0 Å². The molecule has 0 aliphatic rings. The van der Waals surface area contributed by atoms with Gasteiger partial charge in [-0.15, -0.1) is 0 Å². The van der Waals surface area contributed by atoms with Gasteiger partial charge in [0.05, 0.1) is 4.90 Å². The number of anilines is 1. The van der Waals surface area contributed by atoms with Crippen LogP contribution in [0.25, 0.3) is 0 Å². The predicted octanol–water partition coefficient (Wildman–Crippen LogP) is 2.04. The highest BCUT2D eigenvalue weighted by molar-refractivity contribution is 7.91. The Morgan fingerprint density at radius 3 is 2.16 bits per heavy atom. The number of rotatable bonds is 6. The smallest absolute Gasteiger partial charge is 0.341 e. The van der Waals surface area contributed by atoms with E-state index in [1.807, 2.05) is 25.9 Å². The van der Waals surface area contributed by atoms with Crippen molar-refractivity contribution in [3.05, 3.63) is 24.3 Å². The summed E-state index contributed by atoms with van der Waals surface area (Å²) in [6.07, 6.45) is 0. The molecule has 0 aliphatic carbocycles. The Kier molecular flexibility index (Phi) is 5.25. The van der Waals surface area contributed by atoms with E-state index in [2.05, 4.69) is 5.32 Å². The van der Waals surface area contributed by atoms with Crippen LogP contribution in [-0.2, 0) is 9.84 Å². The van der Waals surface area contributed by atoms with Crippen molar-refractivity contribution in [3.8, 4) is 0 Å². The van der Waals surface area contributed by atoms with Crippen molar-refractivity contribution in [2.75, 3.05) is 26.0 Å². The highest BCUT2D eigenvalue weighted by Gasteiger charge is 2.26. The minimum atomic E-state index is -4.51. The van der Waals surface area contributed by atoms with Crippen LogP contribution in [0.3, 0.4) is 0 Å². The summed E-state index contributed by atoms with van der Waals surface area (Å²) in [5, 5.41) is 3.16. The molecule has 0 bridgehead atoms. The highest BCUT2D eigenvalue weighted by atomic mass is 32.2. The summed E-state index contributed by atoms with van der Waals surface area (Å²) in [4.78, 5) is 1.64. The lowest BCUT2D eigenvalue weighted by atomic mass is 10.2. The third-order valence-corrected chi connectivity index (χ3v) is 3.87. The number of likely N-dealkylation sites (N-methyl/N-ethyl adjacent to an activating group) is 1. The van der Waals surface area contributed by atoms with Gasteiger partial charge in [-0.1, -0.05) is 0 Å². The Hall–Kier alpha value is -1.21. The van der Waals surface area contributed by atoms with Gasteiger partial charge < -0.3 is 10.2 Å². The zero-order chi connectivity index (χ0) is 14.6. The standard InChI is InChI=1S/C12H18F2N2O2S/c1-9(8-16(2)3)15-10-4-6-11(7-5-10)19(17,18)12(13)14/h4-7,9,12,15H,8H2,1-3H3. The van der Waals surface area contributed by atoms with Crippen LogP contribution in [0.2, 0.25) is 0 Å². The Balaban J connectivity index is 2.78. The minimum Gasteiger partial charge on any atom is -0.381 e. The number of hydrogen-bond acceptors (Lipinski definition) is 4. The molecule has 0 saturated heterocycles. The molecule has 0 aliphatic heterocycles. The third kappa shape index (κ3) is 4.43.